The molecule has 0 saturated heterocycles. The number of nitrogens with zero attached hydrogens (tertiary/aromatic N) is 1. The average molecular weight is 453 g/mol. The van der Waals surface area contributed by atoms with Crippen LogP contribution < -0.4 is 20.7 Å². The van der Waals surface area contributed by atoms with Gasteiger partial charge in [-0.3, -0.25) is 14.6 Å². The van der Waals surface area contributed by atoms with Crippen LogP contribution in [0.2, 0.25) is 0 Å². The first-order valence-electron chi connectivity index (χ1n) is 10.7. The Bertz CT molecular complexity index is 1270. The Kier molecular flexibility index (Phi) is 7.15. The van der Waals surface area contributed by atoms with Crippen molar-refractivity contribution >= 4 is 28.9 Å². The van der Waals surface area contributed by atoms with Gasteiger partial charge in [0.2, 0.25) is 0 Å². The van der Waals surface area contributed by atoms with Crippen LogP contribution in [0.5, 0.6) is 5.75 Å². The van der Waals surface area contributed by atoms with Crippen molar-refractivity contribution in [1.29, 1.82) is 0 Å². The third kappa shape index (κ3) is 5.77. The second-order valence-corrected chi connectivity index (χ2v) is 7.47. The summed E-state index contributed by atoms with van der Waals surface area (Å²) >= 11 is 0. The van der Waals surface area contributed by atoms with Gasteiger partial charge in [0.25, 0.3) is 11.8 Å². The summed E-state index contributed by atoms with van der Waals surface area (Å²) < 4.78 is 5.19. The summed E-state index contributed by atoms with van der Waals surface area (Å²) in [4.78, 5) is 29.2. The molecule has 1 aromatic heterocycles. The van der Waals surface area contributed by atoms with Gasteiger partial charge in [-0.2, -0.15) is 0 Å². The van der Waals surface area contributed by atoms with Crippen molar-refractivity contribution in [3.8, 4) is 5.75 Å². The number of rotatable bonds is 8. The summed E-state index contributed by atoms with van der Waals surface area (Å²) in [5, 5.41) is 9.10. The second kappa shape index (κ2) is 10.8. The van der Waals surface area contributed by atoms with Gasteiger partial charge in [0.05, 0.1) is 18.4 Å². The zero-order chi connectivity index (χ0) is 23.8. The molecule has 0 atom stereocenters. The van der Waals surface area contributed by atoms with Gasteiger partial charge >= 0.3 is 0 Å². The minimum absolute atomic E-state index is 0.206. The molecule has 7 heteroatoms. The highest BCUT2D eigenvalue weighted by atomic mass is 16.5. The van der Waals surface area contributed by atoms with Gasteiger partial charge in [0.15, 0.2) is 0 Å². The summed E-state index contributed by atoms with van der Waals surface area (Å²) in [5.74, 6) is 0.334. The predicted molar refractivity (Wildman–Crippen MR) is 133 cm³/mol. The molecule has 0 saturated carbocycles. The van der Waals surface area contributed by atoms with Crippen molar-refractivity contribution in [3.63, 3.8) is 0 Å². The van der Waals surface area contributed by atoms with Gasteiger partial charge < -0.3 is 20.7 Å². The molecule has 3 N–H and O–H groups in total. The summed E-state index contributed by atoms with van der Waals surface area (Å²) in [7, 11) is 1.62. The number of aromatic nitrogens is 1. The van der Waals surface area contributed by atoms with E-state index < -0.39 is 0 Å². The number of para-hydroxylation sites is 1. The van der Waals surface area contributed by atoms with Crippen molar-refractivity contribution in [2.24, 2.45) is 0 Å². The van der Waals surface area contributed by atoms with Crippen molar-refractivity contribution in [2.45, 2.75) is 6.54 Å². The number of anilines is 3. The van der Waals surface area contributed by atoms with E-state index in [0.717, 1.165) is 17.0 Å². The smallest absolute Gasteiger partial charge is 0.255 e. The number of pyridine rings is 1. The van der Waals surface area contributed by atoms with E-state index in [9.17, 15) is 9.59 Å². The molecule has 0 spiro atoms. The molecule has 4 rings (SSSR count). The van der Waals surface area contributed by atoms with Gasteiger partial charge in [-0.05, 0) is 66.2 Å². The Hall–Kier alpha value is -4.65. The van der Waals surface area contributed by atoms with E-state index in [1.165, 1.54) is 0 Å². The molecule has 0 radical (unpaired) electrons. The van der Waals surface area contributed by atoms with E-state index in [1.807, 2.05) is 60.7 Å². The second-order valence-electron chi connectivity index (χ2n) is 7.47. The van der Waals surface area contributed by atoms with Crippen LogP contribution in [0.25, 0.3) is 0 Å². The normalized spacial score (nSPS) is 10.3. The Morgan fingerprint density at radius 1 is 0.824 bits per heavy atom. The van der Waals surface area contributed by atoms with Gasteiger partial charge in [-0.1, -0.05) is 24.3 Å². The highest BCUT2D eigenvalue weighted by Gasteiger charge is 2.12. The SMILES string of the molecule is COc1ccc(Nc2ccccc2C(=O)NCc2cccc(NC(=O)c3ccncc3)c2)cc1. The summed E-state index contributed by atoms with van der Waals surface area (Å²) in [6.45, 7) is 0.314. The quantitative estimate of drug-likeness (QED) is 0.349. The maximum atomic E-state index is 12.9. The lowest BCUT2D eigenvalue weighted by molar-refractivity contribution is 0.0950. The number of hydrogen-bond acceptors (Lipinski definition) is 5. The molecule has 4 aromatic rings. The molecule has 2 amide bonds. The fraction of sp³-hybridized carbons (Fsp3) is 0.0741. The maximum absolute atomic E-state index is 12.9. The molecular weight excluding hydrogens is 428 g/mol. The first-order valence-corrected chi connectivity index (χ1v) is 10.7. The fourth-order valence-corrected chi connectivity index (χ4v) is 3.36. The van der Waals surface area contributed by atoms with Crippen LogP contribution in [0.1, 0.15) is 26.3 Å². The number of benzene rings is 3. The molecule has 170 valence electrons. The van der Waals surface area contributed by atoms with E-state index in [-0.39, 0.29) is 11.8 Å². The highest BCUT2D eigenvalue weighted by Crippen LogP contribution is 2.23. The lowest BCUT2D eigenvalue weighted by Crippen LogP contribution is -2.23. The molecule has 0 unspecified atom stereocenters. The van der Waals surface area contributed by atoms with Crippen LogP contribution in [-0.2, 0) is 6.54 Å². The highest BCUT2D eigenvalue weighted by molar-refractivity contribution is 6.04. The summed E-state index contributed by atoms with van der Waals surface area (Å²) in [5.41, 5.74) is 4.11. The molecule has 0 fully saturated rings. The minimum Gasteiger partial charge on any atom is -0.497 e. The Morgan fingerprint density at radius 2 is 1.59 bits per heavy atom. The fourth-order valence-electron chi connectivity index (χ4n) is 3.36. The average Bonchev–Trinajstić information content (AvgIpc) is 2.89. The lowest BCUT2D eigenvalue weighted by atomic mass is 10.1. The van der Waals surface area contributed by atoms with Crippen LogP contribution in [0.3, 0.4) is 0 Å². The van der Waals surface area contributed by atoms with Crippen molar-refractivity contribution < 1.29 is 14.3 Å². The van der Waals surface area contributed by atoms with E-state index in [0.29, 0.717) is 29.0 Å². The number of hydrogen-bond donors (Lipinski definition) is 3. The molecule has 34 heavy (non-hydrogen) atoms. The minimum atomic E-state index is -0.220. The van der Waals surface area contributed by atoms with E-state index in [2.05, 4.69) is 20.9 Å². The molecule has 0 aliphatic carbocycles. The van der Waals surface area contributed by atoms with Crippen LogP contribution in [0.4, 0.5) is 17.1 Å². The Morgan fingerprint density at radius 3 is 2.35 bits per heavy atom. The number of ether oxygens (including phenoxy) is 1. The maximum Gasteiger partial charge on any atom is 0.255 e. The molecule has 1 heterocycles. The molecule has 7 nitrogen and oxygen atoms in total. The van der Waals surface area contributed by atoms with Crippen LogP contribution >= 0.6 is 0 Å². The molecule has 0 aliphatic heterocycles. The third-order valence-corrected chi connectivity index (χ3v) is 5.12. The van der Waals surface area contributed by atoms with E-state index >= 15 is 0 Å². The number of methoxy groups -OCH3 is 1. The number of nitrogens with one attached hydrogen (secondary N) is 3. The van der Waals surface area contributed by atoms with Gasteiger partial charge in [0.1, 0.15) is 5.75 Å². The first kappa shape index (κ1) is 22.5. The number of carbonyl (C=O) groups excluding carboxylic acids is 2. The van der Waals surface area contributed by atoms with Gasteiger partial charge in [-0.15, -0.1) is 0 Å². The van der Waals surface area contributed by atoms with Gasteiger partial charge in [-0.25, -0.2) is 0 Å². The van der Waals surface area contributed by atoms with Crippen molar-refractivity contribution in [3.05, 3.63) is 114 Å². The summed E-state index contributed by atoms with van der Waals surface area (Å²) in [6, 6.07) is 25.5. The van der Waals surface area contributed by atoms with Crippen molar-refractivity contribution in [2.75, 3.05) is 17.7 Å². The standard InChI is InChI=1S/C27H24N4O3/c1-34-23-11-9-21(10-12-23)30-25-8-3-2-7-24(25)27(33)29-18-19-5-4-6-22(17-19)31-26(32)20-13-15-28-16-14-20/h2-17,30H,18H2,1H3,(H,29,33)(H,31,32). The van der Waals surface area contributed by atoms with E-state index in [4.69, 9.17) is 4.74 Å². The topological polar surface area (TPSA) is 92.4 Å². The van der Waals surface area contributed by atoms with Crippen LogP contribution in [0.15, 0.2) is 97.3 Å². The predicted octanol–water partition coefficient (Wildman–Crippen LogP) is 5.02. The van der Waals surface area contributed by atoms with Crippen LogP contribution in [-0.4, -0.2) is 23.9 Å². The molecule has 0 bridgehead atoms. The molecule has 0 aliphatic rings. The Labute approximate surface area is 197 Å². The molecular formula is C27H24N4O3. The zero-order valence-electron chi connectivity index (χ0n) is 18.6. The molecule has 3 aromatic carbocycles. The first-order chi connectivity index (χ1) is 16.6. The lowest BCUT2D eigenvalue weighted by Gasteiger charge is -2.13. The number of carbonyl (C=O) groups is 2. The zero-order valence-corrected chi connectivity index (χ0v) is 18.6. The Balaban J connectivity index is 1.40. The number of amides is 2. The van der Waals surface area contributed by atoms with Crippen molar-refractivity contribution in [1.82, 2.24) is 10.3 Å². The van der Waals surface area contributed by atoms with Gasteiger partial charge in [0, 0.05) is 35.9 Å². The third-order valence-electron chi connectivity index (χ3n) is 5.12. The van der Waals surface area contributed by atoms with Crippen LogP contribution in [0, 0.1) is 0 Å². The van der Waals surface area contributed by atoms with E-state index in [1.54, 1.807) is 43.8 Å². The summed E-state index contributed by atoms with van der Waals surface area (Å²) in [6.07, 6.45) is 3.14. The monoisotopic (exact) mass is 452 g/mol. The largest absolute Gasteiger partial charge is 0.497 e.